The van der Waals surface area contributed by atoms with Crippen LogP contribution >= 0.6 is 11.6 Å². The third kappa shape index (κ3) is 3.76. The van der Waals surface area contributed by atoms with Gasteiger partial charge in [-0.3, -0.25) is 0 Å². The van der Waals surface area contributed by atoms with Gasteiger partial charge in [0.2, 0.25) is 0 Å². The molecule has 1 unspecified atom stereocenters. The van der Waals surface area contributed by atoms with E-state index >= 15 is 0 Å². The van der Waals surface area contributed by atoms with Crippen LogP contribution in [0.5, 0.6) is 0 Å². The molecule has 1 aromatic rings. The van der Waals surface area contributed by atoms with Crippen molar-refractivity contribution in [1.29, 1.82) is 0 Å². The lowest BCUT2D eigenvalue weighted by atomic mass is 10.1. The van der Waals surface area contributed by atoms with Gasteiger partial charge in [-0.1, -0.05) is 11.6 Å². The number of nitrogens with one attached hydrogen (secondary N) is 2. The summed E-state index contributed by atoms with van der Waals surface area (Å²) in [6.45, 7) is 5.55. The normalized spacial score (nSPS) is 16.6. The van der Waals surface area contributed by atoms with Gasteiger partial charge in [-0.2, -0.15) is 0 Å². The number of esters is 2. The Morgan fingerprint density at radius 1 is 1.17 bits per heavy atom. The summed E-state index contributed by atoms with van der Waals surface area (Å²) in [5, 5.41) is 6.65. The third-order valence-electron chi connectivity index (χ3n) is 3.31. The van der Waals surface area contributed by atoms with Gasteiger partial charge in [0, 0.05) is 10.7 Å². The van der Waals surface area contributed by atoms with Crippen LogP contribution in [0.15, 0.2) is 29.5 Å². The lowest BCUT2D eigenvalue weighted by Crippen LogP contribution is -2.37. The first-order chi connectivity index (χ1) is 11.0. The number of fused-ring (bicyclic) bond motifs is 1. The van der Waals surface area contributed by atoms with Crippen LogP contribution in [0.25, 0.3) is 0 Å². The highest BCUT2D eigenvalue weighted by atomic mass is 35.5. The molecular formula is C16H19ClN2O4. The number of anilines is 2. The topological polar surface area (TPSA) is 76.7 Å². The first kappa shape index (κ1) is 17.1. The van der Waals surface area contributed by atoms with Gasteiger partial charge in [-0.05, 0) is 39.0 Å². The Hall–Kier alpha value is -2.21. The molecule has 0 saturated carbocycles. The number of benzene rings is 1. The number of rotatable bonds is 4. The summed E-state index contributed by atoms with van der Waals surface area (Å²) in [4.78, 5) is 24.6. The maximum absolute atomic E-state index is 12.3. The molecule has 2 rings (SSSR count). The molecule has 0 radical (unpaired) electrons. The van der Waals surface area contributed by atoms with E-state index in [0.29, 0.717) is 22.1 Å². The van der Waals surface area contributed by atoms with Gasteiger partial charge in [0.15, 0.2) is 6.04 Å². The van der Waals surface area contributed by atoms with Crippen molar-refractivity contribution in [3.63, 3.8) is 0 Å². The van der Waals surface area contributed by atoms with E-state index < -0.39 is 18.0 Å². The highest BCUT2D eigenvalue weighted by molar-refractivity contribution is 6.31. The van der Waals surface area contributed by atoms with Gasteiger partial charge in [0.05, 0.1) is 30.2 Å². The Morgan fingerprint density at radius 2 is 1.87 bits per heavy atom. The van der Waals surface area contributed by atoms with Gasteiger partial charge in [0.25, 0.3) is 0 Å². The van der Waals surface area contributed by atoms with Crippen molar-refractivity contribution in [1.82, 2.24) is 0 Å². The zero-order valence-electron chi connectivity index (χ0n) is 13.2. The summed E-state index contributed by atoms with van der Waals surface area (Å²) >= 11 is 6.01. The first-order valence-electron chi connectivity index (χ1n) is 7.35. The van der Waals surface area contributed by atoms with E-state index in [0.717, 1.165) is 0 Å². The Kier molecular flexibility index (Phi) is 5.50. The lowest BCUT2D eigenvalue weighted by Gasteiger charge is -2.19. The fourth-order valence-electron chi connectivity index (χ4n) is 2.34. The summed E-state index contributed by atoms with van der Waals surface area (Å²) in [6.07, 6.45) is 0. The Labute approximate surface area is 139 Å². The molecule has 0 amide bonds. The fourth-order valence-corrected chi connectivity index (χ4v) is 2.51. The average Bonchev–Trinajstić information content (AvgIpc) is 2.63. The maximum Gasteiger partial charge on any atom is 0.338 e. The SMILES string of the molecule is CCOC(=O)C1=C(C)Nc2ccc(Cl)cc2NC1C(=O)OCC. The van der Waals surface area contributed by atoms with Crippen LogP contribution in [0.3, 0.4) is 0 Å². The van der Waals surface area contributed by atoms with Crippen LogP contribution in [0.2, 0.25) is 5.02 Å². The summed E-state index contributed by atoms with van der Waals surface area (Å²) < 4.78 is 10.2. The molecule has 6 nitrogen and oxygen atoms in total. The van der Waals surface area contributed by atoms with Crippen molar-refractivity contribution in [2.24, 2.45) is 0 Å². The molecule has 23 heavy (non-hydrogen) atoms. The summed E-state index contributed by atoms with van der Waals surface area (Å²) in [7, 11) is 0. The number of carbonyl (C=O) groups is 2. The Morgan fingerprint density at radius 3 is 2.52 bits per heavy atom. The average molecular weight is 339 g/mol. The lowest BCUT2D eigenvalue weighted by molar-refractivity contribution is -0.146. The fraction of sp³-hybridized carbons (Fsp3) is 0.375. The Balaban J connectivity index is 2.49. The second-order valence-corrected chi connectivity index (χ2v) is 5.34. The molecular weight excluding hydrogens is 320 g/mol. The molecule has 0 spiro atoms. The minimum Gasteiger partial charge on any atom is -0.464 e. The van der Waals surface area contributed by atoms with Gasteiger partial charge in [-0.25, -0.2) is 9.59 Å². The maximum atomic E-state index is 12.3. The molecule has 1 aliphatic rings. The minimum atomic E-state index is -0.971. The zero-order valence-corrected chi connectivity index (χ0v) is 14.0. The van der Waals surface area contributed by atoms with Crippen molar-refractivity contribution >= 4 is 34.9 Å². The third-order valence-corrected chi connectivity index (χ3v) is 3.55. The molecule has 1 aliphatic heterocycles. The van der Waals surface area contributed by atoms with E-state index in [1.807, 2.05) is 0 Å². The highest BCUT2D eigenvalue weighted by Gasteiger charge is 2.34. The summed E-state index contributed by atoms with van der Waals surface area (Å²) in [6, 6.07) is 4.19. The highest BCUT2D eigenvalue weighted by Crippen LogP contribution is 2.32. The van der Waals surface area contributed by atoms with Gasteiger partial charge < -0.3 is 20.1 Å². The predicted molar refractivity (Wildman–Crippen MR) is 88.5 cm³/mol. The molecule has 1 heterocycles. The molecule has 0 bridgehead atoms. The number of ether oxygens (including phenoxy) is 2. The van der Waals surface area contributed by atoms with Gasteiger partial charge >= 0.3 is 11.9 Å². The standard InChI is InChI=1S/C16H19ClN2O4/c1-4-22-15(20)13-9(3)18-11-7-6-10(17)8-12(11)19-14(13)16(21)23-5-2/h6-8,14,18-19H,4-5H2,1-3H3. The number of carbonyl (C=O) groups excluding carboxylic acids is 2. The zero-order chi connectivity index (χ0) is 17.0. The molecule has 1 aromatic carbocycles. The second kappa shape index (κ2) is 7.37. The molecule has 7 heteroatoms. The van der Waals surface area contributed by atoms with Crippen LogP contribution in [0.4, 0.5) is 11.4 Å². The quantitative estimate of drug-likeness (QED) is 0.822. The van der Waals surface area contributed by atoms with E-state index in [1.165, 1.54) is 0 Å². The van der Waals surface area contributed by atoms with E-state index in [4.69, 9.17) is 21.1 Å². The Bertz CT molecular complexity index is 657. The number of halogens is 1. The summed E-state index contributed by atoms with van der Waals surface area (Å²) in [5.74, 6) is -1.12. The molecule has 0 aromatic heterocycles. The molecule has 0 aliphatic carbocycles. The van der Waals surface area contributed by atoms with Crippen LogP contribution in [0.1, 0.15) is 20.8 Å². The van der Waals surface area contributed by atoms with Crippen LogP contribution in [-0.4, -0.2) is 31.2 Å². The number of allylic oxidation sites excluding steroid dienone is 1. The molecule has 0 fully saturated rings. The van der Waals surface area contributed by atoms with Crippen LogP contribution in [0, 0.1) is 0 Å². The van der Waals surface area contributed by atoms with Crippen molar-refractivity contribution < 1.29 is 19.1 Å². The van der Waals surface area contributed by atoms with Crippen molar-refractivity contribution in [3.8, 4) is 0 Å². The largest absolute Gasteiger partial charge is 0.464 e. The van der Waals surface area contributed by atoms with E-state index in [-0.39, 0.29) is 18.8 Å². The van der Waals surface area contributed by atoms with E-state index in [2.05, 4.69) is 10.6 Å². The number of hydrogen-bond acceptors (Lipinski definition) is 6. The number of hydrogen-bond donors (Lipinski definition) is 2. The molecule has 2 N–H and O–H groups in total. The van der Waals surface area contributed by atoms with Crippen molar-refractivity contribution in [2.45, 2.75) is 26.8 Å². The smallest absolute Gasteiger partial charge is 0.338 e. The predicted octanol–water partition coefficient (Wildman–Crippen LogP) is 2.95. The van der Waals surface area contributed by atoms with Gasteiger partial charge in [-0.15, -0.1) is 0 Å². The van der Waals surface area contributed by atoms with Crippen LogP contribution < -0.4 is 10.6 Å². The minimum absolute atomic E-state index is 0.192. The van der Waals surface area contributed by atoms with Crippen LogP contribution in [-0.2, 0) is 19.1 Å². The molecule has 124 valence electrons. The summed E-state index contributed by atoms with van der Waals surface area (Å²) in [5.41, 5.74) is 2.03. The monoisotopic (exact) mass is 338 g/mol. The molecule has 0 saturated heterocycles. The first-order valence-corrected chi connectivity index (χ1v) is 7.73. The van der Waals surface area contributed by atoms with Crippen molar-refractivity contribution in [2.75, 3.05) is 23.8 Å². The van der Waals surface area contributed by atoms with Gasteiger partial charge in [0.1, 0.15) is 0 Å². The van der Waals surface area contributed by atoms with Crippen molar-refractivity contribution in [3.05, 3.63) is 34.5 Å². The second-order valence-electron chi connectivity index (χ2n) is 4.90. The van der Waals surface area contributed by atoms with E-state index in [1.54, 1.807) is 39.0 Å². The molecule has 1 atom stereocenters. The van der Waals surface area contributed by atoms with E-state index in [9.17, 15) is 9.59 Å².